The van der Waals surface area contributed by atoms with Gasteiger partial charge in [-0.1, -0.05) is 0 Å². The number of rotatable bonds is 12. The van der Waals surface area contributed by atoms with Crippen molar-refractivity contribution in [2.24, 2.45) is 11.8 Å². The van der Waals surface area contributed by atoms with Crippen LogP contribution in [0.1, 0.15) is 80.3 Å². The SMILES string of the molecule is CC(CCC(=O)NC=O)N1Cc2cc(N3CCC(CN4CCC(n5cc6ccc(OCC7CC7)cc6n5)CC4)CC3)ccc2C1=O. The number of nitrogens with one attached hydrogen (secondary N) is 1. The molecule has 10 heteroatoms. The lowest BCUT2D eigenvalue weighted by atomic mass is 9.94. The predicted octanol–water partition coefficient (Wildman–Crippen LogP) is 4.78. The van der Waals surface area contributed by atoms with E-state index in [2.05, 4.69) is 56.3 Å². The molecule has 1 aliphatic carbocycles. The van der Waals surface area contributed by atoms with Crippen molar-refractivity contribution < 1.29 is 19.1 Å². The molecule has 4 aliphatic rings. The lowest BCUT2D eigenvalue weighted by molar-refractivity contribution is -0.125. The topological polar surface area (TPSA) is 100 Å². The van der Waals surface area contributed by atoms with Crippen LogP contribution < -0.4 is 15.0 Å². The van der Waals surface area contributed by atoms with Gasteiger partial charge in [0, 0.05) is 80.6 Å². The molecule has 46 heavy (non-hydrogen) atoms. The summed E-state index contributed by atoms with van der Waals surface area (Å²) in [5.74, 6) is 2.10. The fraction of sp³-hybridized carbons (Fsp3) is 0.556. The van der Waals surface area contributed by atoms with E-state index in [0.717, 1.165) is 73.9 Å². The molecule has 2 saturated heterocycles. The maximum atomic E-state index is 13.1. The molecule has 7 rings (SSSR count). The van der Waals surface area contributed by atoms with Gasteiger partial charge in [-0.25, -0.2) is 0 Å². The minimum Gasteiger partial charge on any atom is -0.493 e. The van der Waals surface area contributed by atoms with Crippen LogP contribution >= 0.6 is 0 Å². The summed E-state index contributed by atoms with van der Waals surface area (Å²) in [5, 5.41) is 8.30. The number of likely N-dealkylation sites (tertiary alicyclic amines) is 1. The molecule has 3 fully saturated rings. The highest BCUT2D eigenvalue weighted by molar-refractivity contribution is 5.99. The average molecular weight is 627 g/mol. The van der Waals surface area contributed by atoms with Gasteiger partial charge in [0.2, 0.25) is 12.3 Å². The Morgan fingerprint density at radius 3 is 2.59 bits per heavy atom. The van der Waals surface area contributed by atoms with E-state index >= 15 is 0 Å². The molecule has 1 saturated carbocycles. The van der Waals surface area contributed by atoms with Crippen LogP contribution in [0.5, 0.6) is 5.75 Å². The lowest BCUT2D eigenvalue weighted by Gasteiger charge is -2.38. The van der Waals surface area contributed by atoms with Crippen LogP contribution in [-0.2, 0) is 16.1 Å². The zero-order chi connectivity index (χ0) is 31.6. The number of ether oxygens (including phenoxy) is 1. The van der Waals surface area contributed by atoms with Crippen LogP contribution in [0.25, 0.3) is 10.9 Å². The second kappa shape index (κ2) is 13.4. The van der Waals surface area contributed by atoms with E-state index in [1.54, 1.807) is 0 Å². The first-order valence-corrected chi connectivity index (χ1v) is 17.2. The molecule has 3 amide bonds. The van der Waals surface area contributed by atoms with Crippen LogP contribution in [0.3, 0.4) is 0 Å². The first-order valence-electron chi connectivity index (χ1n) is 17.2. The van der Waals surface area contributed by atoms with Crippen molar-refractivity contribution in [3.63, 3.8) is 0 Å². The fourth-order valence-corrected chi connectivity index (χ4v) is 7.41. The van der Waals surface area contributed by atoms with Crippen LogP contribution in [0, 0.1) is 11.8 Å². The van der Waals surface area contributed by atoms with Gasteiger partial charge in [-0.2, -0.15) is 5.10 Å². The fourth-order valence-electron chi connectivity index (χ4n) is 7.41. The summed E-state index contributed by atoms with van der Waals surface area (Å²) in [6.07, 6.45) is 10.6. The lowest BCUT2D eigenvalue weighted by Crippen LogP contribution is -2.42. The monoisotopic (exact) mass is 626 g/mol. The maximum Gasteiger partial charge on any atom is 0.254 e. The Hall–Kier alpha value is -3.92. The summed E-state index contributed by atoms with van der Waals surface area (Å²) in [4.78, 5) is 42.2. The van der Waals surface area contributed by atoms with Crippen molar-refractivity contribution in [1.82, 2.24) is 24.9 Å². The number of amides is 3. The average Bonchev–Trinajstić information content (AvgIpc) is 3.72. The maximum absolute atomic E-state index is 13.1. The zero-order valence-electron chi connectivity index (χ0n) is 26.9. The highest BCUT2D eigenvalue weighted by Crippen LogP contribution is 2.33. The molecule has 4 heterocycles. The van der Waals surface area contributed by atoms with Gasteiger partial charge in [0.25, 0.3) is 5.91 Å². The molecule has 3 aromatic rings. The molecule has 3 aliphatic heterocycles. The first kappa shape index (κ1) is 30.7. The smallest absolute Gasteiger partial charge is 0.254 e. The summed E-state index contributed by atoms with van der Waals surface area (Å²) in [5.41, 5.74) is 4.04. The second-order valence-electron chi connectivity index (χ2n) is 13.9. The van der Waals surface area contributed by atoms with Crippen molar-refractivity contribution in [2.45, 2.75) is 76.9 Å². The largest absolute Gasteiger partial charge is 0.493 e. The van der Waals surface area contributed by atoms with Gasteiger partial charge in [0.1, 0.15) is 5.75 Å². The van der Waals surface area contributed by atoms with Gasteiger partial charge in [-0.15, -0.1) is 0 Å². The number of carbonyl (C=O) groups is 3. The third kappa shape index (κ3) is 6.92. The number of hydrogen-bond acceptors (Lipinski definition) is 7. The molecule has 1 N–H and O–H groups in total. The summed E-state index contributed by atoms with van der Waals surface area (Å²) >= 11 is 0. The molecule has 1 aromatic heterocycles. The van der Waals surface area contributed by atoms with Crippen LogP contribution in [0.2, 0.25) is 0 Å². The van der Waals surface area contributed by atoms with E-state index in [-0.39, 0.29) is 24.3 Å². The highest BCUT2D eigenvalue weighted by Gasteiger charge is 2.32. The Morgan fingerprint density at radius 1 is 1.02 bits per heavy atom. The molecule has 0 bridgehead atoms. The summed E-state index contributed by atoms with van der Waals surface area (Å²) in [6, 6.07) is 12.9. The standard InChI is InChI=1S/C36H46N6O4/c1-25(2-9-35(44)37-24-43)41-21-29-18-31(6-8-33(29)36(41)45)40-16-10-26(11-17-40)20-39-14-12-30(13-15-39)42-22-28-5-7-32(19-34(28)38-42)46-23-27-3-4-27/h5-8,18-19,22,24-27,30H,2-4,9-17,20-21,23H2,1H3,(H,37,43,44). The minimum atomic E-state index is -0.312. The Kier molecular flexibility index (Phi) is 8.97. The zero-order valence-corrected chi connectivity index (χ0v) is 26.9. The minimum absolute atomic E-state index is 0.0241. The second-order valence-corrected chi connectivity index (χ2v) is 13.9. The van der Waals surface area contributed by atoms with Crippen LogP contribution in [-0.4, -0.2) is 83.2 Å². The summed E-state index contributed by atoms with van der Waals surface area (Å²) in [7, 11) is 0. The number of piperidine rings is 2. The van der Waals surface area contributed by atoms with E-state index < -0.39 is 0 Å². The number of carbonyl (C=O) groups excluding carboxylic acids is 3. The third-order valence-corrected chi connectivity index (χ3v) is 10.6. The van der Waals surface area contributed by atoms with Crippen LogP contribution in [0.15, 0.2) is 42.6 Å². The first-order chi connectivity index (χ1) is 22.4. The number of imide groups is 1. The van der Waals surface area contributed by atoms with E-state index in [0.29, 0.717) is 31.3 Å². The van der Waals surface area contributed by atoms with E-state index in [4.69, 9.17) is 9.84 Å². The van der Waals surface area contributed by atoms with Gasteiger partial charge in [0.05, 0.1) is 18.2 Å². The van der Waals surface area contributed by atoms with Crippen molar-refractivity contribution in [3.05, 3.63) is 53.7 Å². The Labute approximate surface area is 271 Å². The van der Waals surface area contributed by atoms with E-state index in [1.807, 2.05) is 17.9 Å². The predicted molar refractivity (Wildman–Crippen MR) is 177 cm³/mol. The number of nitrogens with zero attached hydrogens (tertiary/aromatic N) is 5. The van der Waals surface area contributed by atoms with Gasteiger partial charge >= 0.3 is 0 Å². The molecule has 0 spiro atoms. The molecule has 1 unspecified atom stereocenters. The quantitative estimate of drug-likeness (QED) is 0.289. The molecule has 244 valence electrons. The van der Waals surface area contributed by atoms with Gasteiger partial charge in [0.15, 0.2) is 0 Å². The van der Waals surface area contributed by atoms with E-state index in [1.165, 1.54) is 43.3 Å². The number of fused-ring (bicyclic) bond motifs is 2. The number of benzene rings is 2. The molecule has 1 atom stereocenters. The molecule has 10 nitrogen and oxygen atoms in total. The normalized spacial score (nSPS) is 20.2. The summed E-state index contributed by atoms with van der Waals surface area (Å²) < 4.78 is 8.17. The number of anilines is 1. The van der Waals surface area contributed by atoms with Crippen molar-refractivity contribution in [2.75, 3.05) is 44.2 Å². The summed E-state index contributed by atoms with van der Waals surface area (Å²) in [6.45, 7) is 8.83. The number of aromatic nitrogens is 2. The molecular formula is C36H46N6O4. The van der Waals surface area contributed by atoms with Gasteiger partial charge in [-0.05, 0) is 99.6 Å². The Morgan fingerprint density at radius 2 is 1.83 bits per heavy atom. The molecule has 0 radical (unpaired) electrons. The van der Waals surface area contributed by atoms with Crippen molar-refractivity contribution >= 4 is 34.8 Å². The Balaban J connectivity index is 0.862. The van der Waals surface area contributed by atoms with Gasteiger partial charge in [-0.3, -0.25) is 24.4 Å². The third-order valence-electron chi connectivity index (χ3n) is 10.6. The van der Waals surface area contributed by atoms with Crippen molar-refractivity contribution in [1.29, 1.82) is 0 Å². The highest BCUT2D eigenvalue weighted by atomic mass is 16.5. The van der Waals surface area contributed by atoms with Crippen molar-refractivity contribution in [3.8, 4) is 5.75 Å². The molecular weight excluding hydrogens is 580 g/mol. The van der Waals surface area contributed by atoms with Gasteiger partial charge < -0.3 is 19.4 Å². The van der Waals surface area contributed by atoms with E-state index in [9.17, 15) is 14.4 Å². The number of hydrogen-bond donors (Lipinski definition) is 1. The Bertz CT molecular complexity index is 1570. The molecule has 2 aromatic carbocycles. The van der Waals surface area contributed by atoms with Crippen LogP contribution in [0.4, 0.5) is 5.69 Å².